The molecule has 23 heavy (non-hydrogen) atoms. The van der Waals surface area contributed by atoms with Crippen molar-refractivity contribution in [1.82, 2.24) is 9.97 Å². The van der Waals surface area contributed by atoms with Gasteiger partial charge in [-0.25, -0.2) is 9.37 Å². The molecule has 1 unspecified atom stereocenters. The van der Waals surface area contributed by atoms with Crippen molar-refractivity contribution in [2.45, 2.75) is 11.4 Å². The summed E-state index contributed by atoms with van der Waals surface area (Å²) in [5, 5.41) is 1.49. The van der Waals surface area contributed by atoms with E-state index in [0.717, 1.165) is 22.6 Å². The van der Waals surface area contributed by atoms with E-state index in [1.165, 1.54) is 17.4 Å². The molecule has 2 aromatic rings. The normalized spacial score (nSPS) is 12.2. The zero-order valence-corrected chi connectivity index (χ0v) is 16.8. The molecular formula is C15H17FIN3OS2. The summed E-state index contributed by atoms with van der Waals surface area (Å²) < 4.78 is 14.0. The summed E-state index contributed by atoms with van der Waals surface area (Å²) in [6.07, 6.45) is 4.74. The number of hydrogen-bond donors (Lipinski definition) is 0. The number of hydrogen-bond acceptors (Lipinski definition) is 5. The monoisotopic (exact) mass is 465 g/mol. The first-order valence-electron chi connectivity index (χ1n) is 6.91. The Morgan fingerprint density at radius 2 is 2.26 bits per heavy atom. The van der Waals surface area contributed by atoms with E-state index >= 15 is 0 Å². The quantitative estimate of drug-likeness (QED) is 0.473. The molecule has 1 amide bonds. The third kappa shape index (κ3) is 4.42. The van der Waals surface area contributed by atoms with Gasteiger partial charge in [0.05, 0.1) is 11.9 Å². The SMILES string of the molecule is CSCC(C)C(=O)N(C)c1sc(-c2cncc(F)c2)nc1CI. The van der Waals surface area contributed by atoms with E-state index in [1.54, 1.807) is 29.9 Å². The van der Waals surface area contributed by atoms with Crippen molar-refractivity contribution in [2.24, 2.45) is 5.92 Å². The summed E-state index contributed by atoms with van der Waals surface area (Å²) in [6.45, 7) is 1.93. The van der Waals surface area contributed by atoms with Crippen LogP contribution in [0, 0.1) is 11.7 Å². The van der Waals surface area contributed by atoms with E-state index in [-0.39, 0.29) is 11.8 Å². The number of anilines is 1. The first-order chi connectivity index (χ1) is 11.0. The van der Waals surface area contributed by atoms with Gasteiger partial charge in [-0.1, -0.05) is 40.9 Å². The number of carbonyl (C=O) groups is 1. The number of carbonyl (C=O) groups excluding carboxylic acids is 1. The molecule has 124 valence electrons. The number of rotatable bonds is 6. The Morgan fingerprint density at radius 3 is 2.87 bits per heavy atom. The van der Waals surface area contributed by atoms with Gasteiger partial charge >= 0.3 is 0 Å². The fourth-order valence-corrected chi connectivity index (χ4v) is 4.56. The van der Waals surface area contributed by atoms with Crippen molar-refractivity contribution in [2.75, 3.05) is 24.0 Å². The molecule has 0 aliphatic rings. The summed E-state index contributed by atoms with van der Waals surface area (Å²) in [5.41, 5.74) is 1.47. The Hall–Kier alpha value is -0.740. The van der Waals surface area contributed by atoms with Gasteiger partial charge in [0.1, 0.15) is 15.8 Å². The zero-order chi connectivity index (χ0) is 17.0. The van der Waals surface area contributed by atoms with Crippen LogP contribution in [0.25, 0.3) is 10.6 Å². The van der Waals surface area contributed by atoms with Crippen LogP contribution in [0.5, 0.6) is 0 Å². The van der Waals surface area contributed by atoms with Gasteiger partial charge in [-0.3, -0.25) is 9.78 Å². The summed E-state index contributed by atoms with van der Waals surface area (Å²) >= 11 is 5.27. The highest BCUT2D eigenvalue weighted by Gasteiger charge is 2.23. The van der Waals surface area contributed by atoms with Crippen molar-refractivity contribution in [1.29, 1.82) is 0 Å². The highest BCUT2D eigenvalue weighted by atomic mass is 127. The number of thiazole rings is 1. The smallest absolute Gasteiger partial charge is 0.231 e. The van der Waals surface area contributed by atoms with Crippen LogP contribution in [-0.4, -0.2) is 34.9 Å². The third-order valence-electron chi connectivity index (χ3n) is 3.23. The third-order valence-corrected chi connectivity index (χ3v) is 6.01. The molecule has 4 nitrogen and oxygen atoms in total. The van der Waals surface area contributed by atoms with E-state index in [1.807, 2.05) is 13.2 Å². The summed E-state index contributed by atoms with van der Waals surface area (Å²) in [4.78, 5) is 22.6. The Labute approximate surface area is 157 Å². The molecule has 0 saturated carbocycles. The van der Waals surface area contributed by atoms with Gasteiger partial charge in [-0.2, -0.15) is 11.8 Å². The zero-order valence-electron chi connectivity index (χ0n) is 13.0. The number of halogens is 2. The van der Waals surface area contributed by atoms with Gasteiger partial charge in [0.2, 0.25) is 5.91 Å². The molecular weight excluding hydrogens is 448 g/mol. The van der Waals surface area contributed by atoms with Crippen LogP contribution < -0.4 is 4.90 Å². The van der Waals surface area contributed by atoms with Crippen molar-refractivity contribution < 1.29 is 9.18 Å². The number of nitrogens with zero attached hydrogens (tertiary/aromatic N) is 3. The van der Waals surface area contributed by atoms with Gasteiger partial charge in [-0.05, 0) is 12.3 Å². The van der Waals surface area contributed by atoms with Crippen LogP contribution in [0.3, 0.4) is 0 Å². The predicted molar refractivity (Wildman–Crippen MR) is 104 cm³/mol. The molecule has 2 rings (SSSR count). The molecule has 0 aromatic carbocycles. The largest absolute Gasteiger partial charge is 0.305 e. The molecule has 0 bridgehead atoms. The molecule has 0 aliphatic heterocycles. The van der Waals surface area contributed by atoms with Crippen molar-refractivity contribution in [3.63, 3.8) is 0 Å². The first kappa shape index (κ1) is 18.6. The Morgan fingerprint density at radius 1 is 1.52 bits per heavy atom. The van der Waals surface area contributed by atoms with E-state index in [0.29, 0.717) is 15.0 Å². The Bertz CT molecular complexity index is 695. The maximum absolute atomic E-state index is 13.4. The lowest BCUT2D eigenvalue weighted by Gasteiger charge is -2.20. The van der Waals surface area contributed by atoms with Crippen LogP contribution in [-0.2, 0) is 9.22 Å². The average molecular weight is 465 g/mol. The second-order valence-corrected chi connectivity index (χ2v) is 7.70. The lowest BCUT2D eigenvalue weighted by atomic mass is 10.2. The van der Waals surface area contributed by atoms with Gasteiger partial charge < -0.3 is 4.90 Å². The molecule has 0 N–H and O–H groups in total. The van der Waals surface area contributed by atoms with E-state index < -0.39 is 5.82 Å². The minimum absolute atomic E-state index is 0.0570. The van der Waals surface area contributed by atoms with E-state index in [4.69, 9.17) is 0 Å². The molecule has 8 heteroatoms. The Balaban J connectivity index is 2.34. The molecule has 0 aliphatic carbocycles. The molecule has 1 atom stereocenters. The summed E-state index contributed by atoms with van der Waals surface area (Å²) in [7, 11) is 1.77. The van der Waals surface area contributed by atoms with Gasteiger partial charge in [0.15, 0.2) is 0 Å². The minimum atomic E-state index is -0.395. The van der Waals surface area contributed by atoms with Crippen LogP contribution in [0.15, 0.2) is 18.5 Å². The Kier molecular flexibility index (Phi) is 6.78. The maximum atomic E-state index is 13.4. The molecule has 0 radical (unpaired) electrons. The highest BCUT2D eigenvalue weighted by molar-refractivity contribution is 14.1. The van der Waals surface area contributed by atoms with Crippen molar-refractivity contribution >= 4 is 56.6 Å². The topological polar surface area (TPSA) is 46.1 Å². The van der Waals surface area contributed by atoms with Crippen LogP contribution in [0.2, 0.25) is 0 Å². The van der Waals surface area contributed by atoms with Crippen molar-refractivity contribution in [3.05, 3.63) is 30.0 Å². The number of aromatic nitrogens is 2. The number of thioether (sulfide) groups is 1. The first-order valence-corrected chi connectivity index (χ1v) is 10.6. The van der Waals surface area contributed by atoms with Crippen molar-refractivity contribution in [3.8, 4) is 10.6 Å². The standard InChI is InChI=1S/C15H17FIN3OS2/c1-9(8-22-3)14(21)20(2)15-12(5-17)19-13(23-15)10-4-11(16)7-18-6-10/h4,6-7,9H,5,8H2,1-3H3. The van der Waals surface area contributed by atoms with Gasteiger partial charge in [-0.15, -0.1) is 0 Å². The lowest BCUT2D eigenvalue weighted by molar-refractivity contribution is -0.120. The van der Waals surface area contributed by atoms with E-state index in [9.17, 15) is 9.18 Å². The maximum Gasteiger partial charge on any atom is 0.231 e. The number of alkyl halides is 1. The fourth-order valence-electron chi connectivity index (χ4n) is 2.10. The predicted octanol–water partition coefficient (Wildman–Crippen LogP) is 4.24. The molecule has 0 spiro atoms. The second kappa shape index (κ2) is 8.39. The van der Waals surface area contributed by atoms with Crippen LogP contribution in [0.4, 0.5) is 9.39 Å². The summed E-state index contributed by atoms with van der Waals surface area (Å²) in [6, 6.07) is 1.41. The van der Waals surface area contributed by atoms with Crippen LogP contribution >= 0.6 is 45.7 Å². The van der Waals surface area contributed by atoms with Crippen LogP contribution in [0.1, 0.15) is 12.6 Å². The van der Waals surface area contributed by atoms with Gasteiger partial charge in [0.25, 0.3) is 0 Å². The fraction of sp³-hybridized carbons (Fsp3) is 0.400. The molecule has 2 aromatic heterocycles. The highest BCUT2D eigenvalue weighted by Crippen LogP contribution is 2.36. The molecule has 0 saturated heterocycles. The molecule has 0 fully saturated rings. The summed E-state index contributed by atoms with van der Waals surface area (Å²) in [5.74, 6) is 0.395. The minimum Gasteiger partial charge on any atom is -0.305 e. The number of amides is 1. The molecule has 2 heterocycles. The number of pyridine rings is 1. The average Bonchev–Trinajstić information content (AvgIpc) is 2.98. The van der Waals surface area contributed by atoms with E-state index in [2.05, 4.69) is 32.6 Å². The second-order valence-electron chi connectivity index (χ2n) is 5.05. The lowest BCUT2D eigenvalue weighted by Crippen LogP contribution is -2.32. The van der Waals surface area contributed by atoms with Gasteiger partial charge in [0, 0.05) is 34.9 Å².